The van der Waals surface area contributed by atoms with E-state index in [2.05, 4.69) is 9.97 Å². The van der Waals surface area contributed by atoms with Gasteiger partial charge in [0.15, 0.2) is 0 Å². The van der Waals surface area contributed by atoms with Gasteiger partial charge in [-0.1, -0.05) is 12.1 Å². The Labute approximate surface area is 313 Å². The van der Waals surface area contributed by atoms with E-state index in [-0.39, 0.29) is 170 Å². The molecule has 0 aliphatic carbocycles. The van der Waals surface area contributed by atoms with Gasteiger partial charge in [0.25, 0.3) is 0 Å². The van der Waals surface area contributed by atoms with Gasteiger partial charge in [0.05, 0.1) is 34.2 Å². The Morgan fingerprint density at radius 3 is 0.686 bits per heavy atom. The van der Waals surface area contributed by atoms with Gasteiger partial charge in [0, 0.05) is 0 Å². The van der Waals surface area contributed by atoms with Crippen molar-refractivity contribution in [3.63, 3.8) is 0 Å². The smallest absolute Gasteiger partial charge is 0.806 e. The minimum Gasteiger partial charge on any atom is -0.806 e. The first-order valence-electron chi connectivity index (χ1n) is 6.24. The predicted molar refractivity (Wildman–Crippen MR) is 166 cm³/mol. The van der Waals surface area contributed by atoms with Gasteiger partial charge in [-0.05, 0) is 39.5 Å². The fourth-order valence-corrected chi connectivity index (χ4v) is 2.38. The third-order valence-electron chi connectivity index (χ3n) is 2.45. The molecule has 2 aromatic rings. The van der Waals surface area contributed by atoms with Crippen LogP contribution in [0.5, 0.6) is 0 Å². The van der Waals surface area contributed by atoms with Crippen LogP contribution in [0, 0.1) is 0 Å². The Morgan fingerprint density at radius 2 is 0.569 bits per heavy atom. The molecule has 51 heavy (non-hydrogen) atoms. The molecular weight excluding hydrogens is 922 g/mol. The third kappa shape index (κ3) is 70.5. The molecule has 2 rings (SSSR count). The molecule has 0 aliphatic heterocycles. The van der Waals surface area contributed by atoms with Crippen molar-refractivity contribution in [2.45, 2.75) is 0 Å². The summed E-state index contributed by atoms with van der Waals surface area (Å²) in [4.78, 5) is 68.2. The Hall–Kier alpha value is -1.86. The molecule has 34 nitrogen and oxygen atoms in total. The largest absolute Gasteiger partial charge is 2.00 e. The minimum absolute atomic E-state index is 0. The zero-order valence-electron chi connectivity index (χ0n) is 25.2. The third-order valence-corrected chi connectivity index (χ3v) is 4.07. The first-order valence-corrected chi connectivity index (χ1v) is 9.33. The number of nitrogens with zero attached hydrogens (tertiary/aromatic N) is 2. The van der Waals surface area contributed by atoms with Gasteiger partial charge in [-0.2, -0.15) is 0 Å². The molecule has 39 heteroatoms. The van der Waals surface area contributed by atoms with Crippen molar-refractivity contribution in [2.75, 3.05) is 0 Å². The molecule has 56 N–H and O–H groups in total. The topological polar surface area (TPSA) is 943 Å². The maximum absolute atomic E-state index is 10.4. The Kier molecular flexibility index (Phi) is 314. The monoisotopic (exact) mass is 982 g/mol. The zero-order valence-corrected chi connectivity index (χ0v) is 30.0. The summed E-state index contributed by atoms with van der Waals surface area (Å²) in [6.45, 7) is 0. The number of carbonyl (C=O) groups excluding carboxylic acids is 2. The fourth-order valence-electron chi connectivity index (χ4n) is 1.38. The summed E-state index contributed by atoms with van der Waals surface area (Å²) < 4.78 is 20.8. The molecule has 0 amide bonds. The van der Waals surface area contributed by atoms with Crippen LogP contribution in [0.25, 0.3) is 0 Å². The van der Waals surface area contributed by atoms with Crippen LogP contribution in [0.1, 0.15) is 21.0 Å². The molecule has 0 bridgehead atoms. The molecule has 0 aromatic carbocycles. The predicted octanol–water partition coefficient (Wildman–Crippen LogP) is -25.3. The second kappa shape index (κ2) is 81.9. The number of aromatic nitrogens is 2. The van der Waals surface area contributed by atoms with E-state index >= 15 is 0 Å². The van der Waals surface area contributed by atoms with Crippen LogP contribution in [0.15, 0.2) is 36.4 Å². The van der Waals surface area contributed by atoms with Gasteiger partial charge >= 0.3 is 49.5 Å². The molecule has 0 saturated carbocycles. The summed E-state index contributed by atoms with van der Waals surface area (Å²) >= 11 is 0. The first-order chi connectivity index (χ1) is 11.8. The SMILES string of the molecule is O.O.O.O.O.O.O.O.O.O.O=C([O-])c1cccc(P(=O)([O-])[O-])n1.O=C([O-])c1cccc(P(=O)([O-])[O-])n1.[Ni+2].[Ni+2].[Ni+2].[OH3+].[OH3+].[OH3+].[OH3+].[OH3+].[OH3+].[OH3+].[OH3+].[OH3+].[OH3+].[OH3+].[OH3+]. The standard InChI is InChI=1S/2C6H6NO5P.3Ni.22H2O/c2*8-6(9)4-2-1-3-5(7-4)13(10,11)12;;;;;;;;;;;;;;;;;;;;;;;;;/h2*1-3H,(H,8,9)(H2,10,11,12);;;;22*1H2/q;;3*+2;;;;;;;;;;;;;;;;;;;;;;/p+6. The van der Waals surface area contributed by atoms with E-state index in [0.29, 0.717) is 0 Å². The van der Waals surface area contributed by atoms with Gasteiger partial charge in [0.1, 0.15) is 0 Å². The quantitative estimate of drug-likeness (QED) is 0.157. The second-order valence-corrected chi connectivity index (χ2v) is 7.24. The van der Waals surface area contributed by atoms with Crippen molar-refractivity contribution in [3.8, 4) is 0 Å². The molecule has 0 radical (unpaired) electrons. The van der Waals surface area contributed by atoms with Crippen LogP contribution >= 0.6 is 15.2 Å². The molecule has 0 saturated heterocycles. The van der Waals surface area contributed by atoms with Crippen molar-refractivity contribution >= 4 is 38.0 Å². The number of rotatable bonds is 4. The number of hydrogen-bond donors (Lipinski definition) is 0. The fraction of sp³-hybridized carbons (Fsp3) is 0. The van der Waals surface area contributed by atoms with Crippen molar-refractivity contribution in [1.82, 2.24) is 9.97 Å². The summed E-state index contributed by atoms with van der Waals surface area (Å²) in [5.41, 5.74) is -2.75. The molecule has 0 unspecified atom stereocenters. The van der Waals surface area contributed by atoms with E-state index in [4.69, 9.17) is 0 Å². The first kappa shape index (κ1) is 195. The van der Waals surface area contributed by atoms with Gasteiger partial charge in [-0.25, -0.2) is 9.97 Å². The summed E-state index contributed by atoms with van der Waals surface area (Å²) in [6.07, 6.45) is 0. The van der Waals surface area contributed by atoms with Gasteiger partial charge in [-0.3, -0.25) is 0 Å². The van der Waals surface area contributed by atoms with Crippen LogP contribution in [0.3, 0.4) is 0 Å². The van der Waals surface area contributed by atoms with Crippen LogP contribution in [-0.4, -0.2) is 76.7 Å². The van der Waals surface area contributed by atoms with Gasteiger partial charge < -0.3 is 169 Å². The number of carbonyl (C=O) groups is 2. The molecule has 0 aliphatic rings. The maximum atomic E-state index is 10.4. The van der Waals surface area contributed by atoms with Crippen molar-refractivity contribution in [3.05, 3.63) is 47.8 Å². The minimum atomic E-state index is -4.99. The Balaban J connectivity index is -0.00000000773. The van der Waals surface area contributed by atoms with Crippen LogP contribution < -0.4 is 40.7 Å². The van der Waals surface area contributed by atoms with E-state index in [1.165, 1.54) is 0 Å². The average molecular weight is 985 g/mol. The molecule has 0 atom stereocenters. The van der Waals surface area contributed by atoms with E-state index in [1.807, 2.05) is 0 Å². The Bertz CT molecular complexity index is 880. The van der Waals surface area contributed by atoms with Crippen LogP contribution in [0.4, 0.5) is 0 Å². The molecule has 0 fully saturated rings. The van der Waals surface area contributed by atoms with E-state index < -0.39 is 49.4 Å². The molecule has 2 heterocycles. The van der Waals surface area contributed by atoms with Crippen LogP contribution in [-0.2, 0) is 124 Å². The number of carboxylic acids is 2. The molecule has 0 spiro atoms. The summed E-state index contributed by atoms with van der Waals surface area (Å²) in [7, 11) is -9.97. The summed E-state index contributed by atoms with van der Waals surface area (Å²) in [5.74, 6) is -3.26. The van der Waals surface area contributed by atoms with E-state index in [0.717, 1.165) is 36.4 Å². The van der Waals surface area contributed by atoms with Crippen molar-refractivity contribution < 1.29 is 218 Å². The van der Waals surface area contributed by atoms with Crippen LogP contribution in [0.2, 0.25) is 0 Å². The van der Waals surface area contributed by atoms with Gasteiger partial charge in [-0.15, -0.1) is 0 Å². The second-order valence-electron chi connectivity index (χ2n) is 4.33. The number of aromatic carboxylic acids is 2. The average Bonchev–Trinajstić information content (AvgIpc) is 2.54. The zero-order chi connectivity index (χ0) is 20.1. The summed E-state index contributed by atoms with van der Waals surface area (Å²) in [5, 5.41) is 20.4. The Morgan fingerprint density at radius 1 is 0.412 bits per heavy atom. The van der Waals surface area contributed by atoms with Gasteiger partial charge in [0.2, 0.25) is 0 Å². The molecular formula is C12H62N2Ni3O32P2+12. The van der Waals surface area contributed by atoms with E-state index in [9.17, 15) is 48.5 Å². The summed E-state index contributed by atoms with van der Waals surface area (Å²) in [6, 6.07) is 6.13. The molecule has 2 aromatic heterocycles. The molecule has 340 valence electrons. The van der Waals surface area contributed by atoms with E-state index in [1.54, 1.807) is 0 Å². The number of hydrogen-bond acceptors (Lipinski definition) is 12. The van der Waals surface area contributed by atoms with Crippen molar-refractivity contribution in [2.24, 2.45) is 0 Å². The normalized spacial score (nSPS) is 5.73. The maximum Gasteiger partial charge on any atom is 2.00 e. The number of pyridine rings is 2. The van der Waals surface area contributed by atoms with Crippen molar-refractivity contribution in [1.29, 1.82) is 0 Å². The number of carboxylic acid groups (broad SMARTS) is 2.